The van der Waals surface area contributed by atoms with E-state index in [1.807, 2.05) is 0 Å². The third kappa shape index (κ3) is 3.62. The Hall–Kier alpha value is -2.52. The van der Waals surface area contributed by atoms with E-state index in [1.54, 1.807) is 0 Å². The summed E-state index contributed by atoms with van der Waals surface area (Å²) in [5.41, 5.74) is -2.82. The first-order valence-electron chi connectivity index (χ1n) is 7.04. The van der Waals surface area contributed by atoms with E-state index >= 15 is 0 Å². The number of nitrogens with one attached hydrogen (secondary N) is 1. The van der Waals surface area contributed by atoms with Crippen LogP contribution in [0.1, 0.15) is 23.7 Å². The van der Waals surface area contributed by atoms with Gasteiger partial charge in [0.1, 0.15) is 17.3 Å². The molecule has 1 aliphatic carbocycles. The first-order chi connectivity index (χ1) is 11.7. The third-order valence-electron chi connectivity index (χ3n) is 3.33. The van der Waals surface area contributed by atoms with Crippen LogP contribution in [-0.4, -0.2) is 30.6 Å². The molecule has 1 aromatic rings. The zero-order chi connectivity index (χ0) is 18.9. The fraction of sp³-hybridized carbons (Fsp3) is 0.333. The van der Waals surface area contributed by atoms with Gasteiger partial charge >= 0.3 is 5.97 Å². The van der Waals surface area contributed by atoms with Crippen LogP contribution in [-0.2, 0) is 9.53 Å². The lowest BCUT2D eigenvalue weighted by atomic mass is 10.0. The fourth-order valence-corrected chi connectivity index (χ4v) is 1.89. The minimum atomic E-state index is -2.44. The molecule has 10 heteroatoms. The highest BCUT2D eigenvalue weighted by Crippen LogP contribution is 2.27. The van der Waals surface area contributed by atoms with Crippen LogP contribution in [0.15, 0.2) is 11.8 Å². The predicted molar refractivity (Wildman–Crippen MR) is 71.7 cm³/mol. The van der Waals surface area contributed by atoms with Crippen molar-refractivity contribution in [2.45, 2.75) is 25.6 Å². The molecule has 0 aromatic heterocycles. The maximum Gasteiger partial charge on any atom is 0.343 e. The molecule has 2 atom stereocenters. The minimum absolute atomic E-state index is 0.0727. The molecule has 1 aromatic carbocycles. The Bertz CT molecular complexity index is 735. The molecule has 1 fully saturated rings. The molecule has 1 N–H and O–H groups in total. The average molecular weight is 367 g/mol. The number of halogens is 6. The van der Waals surface area contributed by atoms with Crippen LogP contribution in [0.5, 0.6) is 0 Å². The van der Waals surface area contributed by atoms with Gasteiger partial charge in [0.15, 0.2) is 23.3 Å². The Morgan fingerprint density at radius 3 is 2.00 bits per heavy atom. The Morgan fingerprint density at radius 1 is 1.08 bits per heavy atom. The van der Waals surface area contributed by atoms with Crippen LogP contribution >= 0.6 is 0 Å². The summed E-state index contributed by atoms with van der Waals surface area (Å²) in [5.74, 6) is -15.0. The molecule has 0 aliphatic heterocycles. The van der Waals surface area contributed by atoms with Crippen LogP contribution in [0.25, 0.3) is 0 Å². The van der Waals surface area contributed by atoms with E-state index in [0.717, 1.165) is 0 Å². The number of ketones is 1. The van der Waals surface area contributed by atoms with Crippen molar-refractivity contribution in [1.29, 1.82) is 0 Å². The van der Waals surface area contributed by atoms with Crippen LogP contribution in [0, 0.1) is 29.1 Å². The molecule has 2 unspecified atom stereocenters. The van der Waals surface area contributed by atoms with Crippen molar-refractivity contribution < 1.29 is 40.7 Å². The standard InChI is InChI=1S/C15H11F6NO3/c1-2-25-15(24)5(4-22-7-3-6(7)16)14(23)8-9(17)11(19)13(21)12(20)10(8)18/h4,6-7,22H,2-3H2,1H3. The van der Waals surface area contributed by atoms with E-state index in [1.165, 1.54) is 6.92 Å². The second-order valence-electron chi connectivity index (χ2n) is 5.08. The number of ether oxygens (including phenoxy) is 1. The second kappa shape index (κ2) is 7.16. The molecule has 0 heterocycles. The van der Waals surface area contributed by atoms with E-state index in [-0.39, 0.29) is 13.0 Å². The number of hydrogen-bond donors (Lipinski definition) is 1. The summed E-state index contributed by atoms with van der Waals surface area (Å²) in [4.78, 5) is 24.0. The maximum absolute atomic E-state index is 13.7. The molecule has 1 saturated carbocycles. The zero-order valence-electron chi connectivity index (χ0n) is 12.6. The third-order valence-corrected chi connectivity index (χ3v) is 3.33. The number of esters is 1. The second-order valence-corrected chi connectivity index (χ2v) is 5.08. The van der Waals surface area contributed by atoms with Crippen LogP contribution in [0.3, 0.4) is 0 Å². The van der Waals surface area contributed by atoms with Gasteiger partial charge in [0, 0.05) is 12.6 Å². The lowest BCUT2D eigenvalue weighted by molar-refractivity contribution is -0.138. The van der Waals surface area contributed by atoms with Gasteiger partial charge in [-0.05, 0) is 6.92 Å². The quantitative estimate of drug-likeness (QED) is 0.123. The molecular formula is C15H11F6NO3. The van der Waals surface area contributed by atoms with Crippen molar-refractivity contribution in [3.05, 3.63) is 46.4 Å². The van der Waals surface area contributed by atoms with Crippen LogP contribution in [0.4, 0.5) is 26.3 Å². The zero-order valence-corrected chi connectivity index (χ0v) is 12.6. The smallest absolute Gasteiger partial charge is 0.343 e. The van der Waals surface area contributed by atoms with Crippen molar-refractivity contribution >= 4 is 11.8 Å². The largest absolute Gasteiger partial charge is 0.462 e. The molecule has 0 amide bonds. The molecule has 25 heavy (non-hydrogen) atoms. The number of hydrogen-bond acceptors (Lipinski definition) is 4. The monoisotopic (exact) mass is 367 g/mol. The number of rotatable bonds is 6. The van der Waals surface area contributed by atoms with Crippen molar-refractivity contribution in [1.82, 2.24) is 5.32 Å². The summed E-state index contributed by atoms with van der Waals surface area (Å²) in [5, 5.41) is 2.31. The van der Waals surface area contributed by atoms with Gasteiger partial charge in [-0.25, -0.2) is 31.1 Å². The summed E-state index contributed by atoms with van der Waals surface area (Å²) in [6.45, 7) is 1.14. The number of carbonyl (C=O) groups is 2. The Kier molecular flexibility index (Phi) is 5.39. The number of carbonyl (C=O) groups excluding carboxylic acids is 2. The van der Waals surface area contributed by atoms with E-state index < -0.39 is 64.2 Å². The van der Waals surface area contributed by atoms with E-state index in [2.05, 4.69) is 10.1 Å². The molecule has 0 radical (unpaired) electrons. The number of Topliss-reactive ketones (excluding diaryl/α,β-unsaturated/α-hetero) is 1. The van der Waals surface area contributed by atoms with Crippen LogP contribution < -0.4 is 5.32 Å². The molecule has 0 bridgehead atoms. The van der Waals surface area contributed by atoms with Crippen molar-refractivity contribution in [2.75, 3.05) is 6.61 Å². The Labute approximate surface area is 137 Å². The fourth-order valence-electron chi connectivity index (χ4n) is 1.89. The molecule has 0 spiro atoms. The molecule has 4 nitrogen and oxygen atoms in total. The summed E-state index contributed by atoms with van der Waals surface area (Å²) < 4.78 is 84.3. The summed E-state index contributed by atoms with van der Waals surface area (Å²) >= 11 is 0. The highest BCUT2D eigenvalue weighted by molar-refractivity contribution is 6.24. The lowest BCUT2D eigenvalue weighted by Gasteiger charge is -2.10. The molecule has 2 rings (SSSR count). The summed E-state index contributed by atoms with van der Waals surface area (Å²) in [6, 6.07) is -0.728. The minimum Gasteiger partial charge on any atom is -0.462 e. The average Bonchev–Trinajstić information content (AvgIpc) is 3.27. The highest BCUT2D eigenvalue weighted by atomic mass is 19.2. The summed E-state index contributed by atoms with van der Waals surface area (Å²) in [7, 11) is 0. The van der Waals surface area contributed by atoms with E-state index in [0.29, 0.717) is 6.20 Å². The van der Waals surface area contributed by atoms with Crippen molar-refractivity contribution in [3.63, 3.8) is 0 Å². The molecule has 1 aliphatic rings. The van der Waals surface area contributed by atoms with Gasteiger partial charge in [-0.15, -0.1) is 0 Å². The Balaban J connectivity index is 2.48. The first-order valence-corrected chi connectivity index (χ1v) is 7.04. The first kappa shape index (κ1) is 18.8. The van der Waals surface area contributed by atoms with Gasteiger partial charge < -0.3 is 10.1 Å². The summed E-state index contributed by atoms with van der Waals surface area (Å²) in [6.07, 6.45) is -0.532. The van der Waals surface area contributed by atoms with Gasteiger partial charge in [-0.1, -0.05) is 0 Å². The van der Waals surface area contributed by atoms with Gasteiger partial charge in [-0.2, -0.15) is 0 Å². The predicted octanol–water partition coefficient (Wildman–Crippen LogP) is 2.71. The number of benzene rings is 1. The number of alkyl halides is 1. The maximum atomic E-state index is 13.7. The molecule has 0 saturated heterocycles. The van der Waals surface area contributed by atoms with E-state index in [4.69, 9.17) is 0 Å². The van der Waals surface area contributed by atoms with Gasteiger partial charge in [-0.3, -0.25) is 4.79 Å². The SMILES string of the molecule is CCOC(=O)C(=CNC1CC1F)C(=O)c1c(F)c(F)c(F)c(F)c1F. The van der Waals surface area contributed by atoms with Gasteiger partial charge in [0.05, 0.1) is 12.6 Å². The highest BCUT2D eigenvalue weighted by Gasteiger charge is 2.38. The van der Waals surface area contributed by atoms with Crippen molar-refractivity contribution in [3.8, 4) is 0 Å². The molecular weight excluding hydrogens is 356 g/mol. The van der Waals surface area contributed by atoms with Gasteiger partial charge in [0.25, 0.3) is 0 Å². The normalized spacial score (nSPS) is 19.6. The van der Waals surface area contributed by atoms with Crippen molar-refractivity contribution in [2.24, 2.45) is 0 Å². The van der Waals surface area contributed by atoms with Crippen LogP contribution in [0.2, 0.25) is 0 Å². The van der Waals surface area contributed by atoms with E-state index in [9.17, 15) is 35.9 Å². The lowest BCUT2D eigenvalue weighted by Crippen LogP contribution is -2.24. The topological polar surface area (TPSA) is 55.4 Å². The van der Waals surface area contributed by atoms with Gasteiger partial charge in [0.2, 0.25) is 11.6 Å². The molecule has 136 valence electrons. The Morgan fingerprint density at radius 2 is 1.56 bits per heavy atom.